The van der Waals surface area contributed by atoms with Gasteiger partial charge in [-0.2, -0.15) is 0 Å². The molecule has 4 nitrogen and oxygen atoms in total. The van der Waals surface area contributed by atoms with Crippen molar-refractivity contribution in [1.82, 2.24) is 9.97 Å². The highest BCUT2D eigenvalue weighted by molar-refractivity contribution is 5.85. The molecule has 0 saturated heterocycles. The SMILES string of the molecule is Cc1cc(C)c2[nH]c(=O)[nH]c(=O)c2c1.Cl. The first-order chi connectivity index (χ1) is 6.58. The Balaban J connectivity index is 0.00000112. The molecule has 1 aromatic carbocycles. The molecule has 0 saturated carbocycles. The maximum absolute atomic E-state index is 11.4. The minimum Gasteiger partial charge on any atom is -0.307 e. The van der Waals surface area contributed by atoms with Gasteiger partial charge in [-0.15, -0.1) is 12.4 Å². The van der Waals surface area contributed by atoms with Crippen LogP contribution >= 0.6 is 12.4 Å². The van der Waals surface area contributed by atoms with Crippen LogP contribution in [-0.2, 0) is 0 Å². The molecule has 2 N–H and O–H groups in total. The summed E-state index contributed by atoms with van der Waals surface area (Å²) < 4.78 is 0. The first-order valence-corrected chi connectivity index (χ1v) is 4.31. The molecule has 0 atom stereocenters. The Morgan fingerprint density at radius 3 is 2.40 bits per heavy atom. The molecule has 2 rings (SSSR count). The average molecular weight is 227 g/mol. The van der Waals surface area contributed by atoms with Crippen molar-refractivity contribution in [1.29, 1.82) is 0 Å². The largest absolute Gasteiger partial charge is 0.326 e. The van der Waals surface area contributed by atoms with Gasteiger partial charge in [0.05, 0.1) is 10.9 Å². The number of aromatic amines is 2. The van der Waals surface area contributed by atoms with Crippen molar-refractivity contribution in [3.05, 3.63) is 44.1 Å². The number of H-pyrrole nitrogens is 2. The van der Waals surface area contributed by atoms with Crippen LogP contribution in [0.25, 0.3) is 10.9 Å². The highest BCUT2D eigenvalue weighted by atomic mass is 35.5. The predicted octanol–water partition coefficient (Wildman–Crippen LogP) is 1.26. The first-order valence-electron chi connectivity index (χ1n) is 4.31. The Kier molecular flexibility index (Phi) is 3.00. The van der Waals surface area contributed by atoms with Gasteiger partial charge in [-0.3, -0.25) is 9.78 Å². The van der Waals surface area contributed by atoms with Crippen LogP contribution in [0.4, 0.5) is 0 Å². The number of fused-ring (bicyclic) bond motifs is 1. The summed E-state index contributed by atoms with van der Waals surface area (Å²) >= 11 is 0. The van der Waals surface area contributed by atoms with Crippen LogP contribution in [-0.4, -0.2) is 9.97 Å². The zero-order valence-electron chi connectivity index (χ0n) is 8.38. The van der Waals surface area contributed by atoms with Crippen LogP contribution in [0.2, 0.25) is 0 Å². The highest BCUT2D eigenvalue weighted by Gasteiger charge is 2.03. The molecule has 5 heteroatoms. The number of nitrogens with one attached hydrogen (secondary N) is 2. The zero-order chi connectivity index (χ0) is 10.3. The molecule has 0 spiro atoms. The second kappa shape index (κ2) is 3.90. The van der Waals surface area contributed by atoms with Crippen molar-refractivity contribution in [2.45, 2.75) is 13.8 Å². The Labute approximate surface area is 91.8 Å². The van der Waals surface area contributed by atoms with Crippen molar-refractivity contribution < 1.29 is 0 Å². The smallest absolute Gasteiger partial charge is 0.307 e. The van der Waals surface area contributed by atoms with E-state index in [4.69, 9.17) is 0 Å². The number of hydrogen-bond acceptors (Lipinski definition) is 2. The molecule has 0 unspecified atom stereocenters. The summed E-state index contributed by atoms with van der Waals surface area (Å²) in [6.07, 6.45) is 0. The van der Waals surface area contributed by atoms with Crippen LogP contribution < -0.4 is 11.2 Å². The van der Waals surface area contributed by atoms with Gasteiger partial charge in [0, 0.05) is 0 Å². The third-order valence-corrected chi connectivity index (χ3v) is 2.19. The Hall–Kier alpha value is -1.55. The summed E-state index contributed by atoms with van der Waals surface area (Å²) in [6, 6.07) is 3.69. The standard InChI is InChI=1S/C10H10N2O2.ClH/c1-5-3-6(2)8-7(4-5)9(13)12-10(14)11-8;/h3-4H,1-2H3,(H2,11,12,13,14);1H. The fourth-order valence-electron chi connectivity index (χ4n) is 1.63. The van der Waals surface area contributed by atoms with Crippen LogP contribution in [0.1, 0.15) is 11.1 Å². The van der Waals surface area contributed by atoms with E-state index >= 15 is 0 Å². The molecule has 1 aromatic heterocycles. The van der Waals surface area contributed by atoms with E-state index in [-0.39, 0.29) is 18.0 Å². The minimum absolute atomic E-state index is 0. The summed E-state index contributed by atoms with van der Waals surface area (Å²) in [5, 5.41) is 0.530. The fraction of sp³-hybridized carbons (Fsp3) is 0.200. The summed E-state index contributed by atoms with van der Waals surface area (Å²) in [7, 11) is 0. The molecule has 2 aromatic rings. The van der Waals surface area contributed by atoms with Gasteiger partial charge < -0.3 is 4.98 Å². The molecule has 1 heterocycles. The topological polar surface area (TPSA) is 65.7 Å². The average Bonchev–Trinajstić information content (AvgIpc) is 2.07. The summed E-state index contributed by atoms with van der Waals surface area (Å²) in [6.45, 7) is 3.78. The molecular weight excluding hydrogens is 216 g/mol. The van der Waals surface area contributed by atoms with Crippen LogP contribution in [0.3, 0.4) is 0 Å². The van der Waals surface area contributed by atoms with Crippen molar-refractivity contribution in [3.63, 3.8) is 0 Å². The normalized spacial score (nSPS) is 10.0. The van der Waals surface area contributed by atoms with Gasteiger partial charge in [0.2, 0.25) is 0 Å². The Morgan fingerprint density at radius 1 is 1.07 bits per heavy atom. The van der Waals surface area contributed by atoms with Crippen molar-refractivity contribution in [2.75, 3.05) is 0 Å². The van der Waals surface area contributed by atoms with E-state index in [2.05, 4.69) is 9.97 Å². The number of aromatic nitrogens is 2. The van der Waals surface area contributed by atoms with E-state index in [1.54, 1.807) is 6.07 Å². The molecular formula is C10H11ClN2O2. The van der Waals surface area contributed by atoms with Crippen molar-refractivity contribution in [2.24, 2.45) is 0 Å². The van der Waals surface area contributed by atoms with E-state index in [9.17, 15) is 9.59 Å². The van der Waals surface area contributed by atoms with Crippen molar-refractivity contribution >= 4 is 23.3 Å². The second-order valence-electron chi connectivity index (χ2n) is 3.41. The Morgan fingerprint density at radius 2 is 1.73 bits per heavy atom. The molecule has 0 aliphatic carbocycles. The summed E-state index contributed by atoms with van der Waals surface area (Å²) in [5.74, 6) is 0. The minimum atomic E-state index is -0.463. The number of hydrogen-bond donors (Lipinski definition) is 2. The maximum atomic E-state index is 11.4. The van der Waals surface area contributed by atoms with Crippen LogP contribution in [0.5, 0.6) is 0 Å². The molecule has 0 bridgehead atoms. The van der Waals surface area contributed by atoms with Gasteiger partial charge in [-0.05, 0) is 31.0 Å². The van der Waals surface area contributed by atoms with E-state index in [0.29, 0.717) is 10.9 Å². The fourth-order valence-corrected chi connectivity index (χ4v) is 1.63. The van der Waals surface area contributed by atoms with Crippen LogP contribution in [0.15, 0.2) is 21.7 Å². The molecule has 0 fully saturated rings. The van der Waals surface area contributed by atoms with Gasteiger partial charge in [-0.1, -0.05) is 6.07 Å². The summed E-state index contributed by atoms with van der Waals surface area (Å²) in [5.41, 5.74) is 1.73. The molecule has 15 heavy (non-hydrogen) atoms. The first kappa shape index (κ1) is 11.5. The van der Waals surface area contributed by atoms with E-state index < -0.39 is 5.69 Å². The monoisotopic (exact) mass is 226 g/mol. The zero-order valence-corrected chi connectivity index (χ0v) is 9.20. The Bertz CT molecular complexity index is 613. The lowest BCUT2D eigenvalue weighted by Crippen LogP contribution is -2.22. The van der Waals surface area contributed by atoms with Gasteiger partial charge in [0.25, 0.3) is 5.56 Å². The lowest BCUT2D eigenvalue weighted by Gasteiger charge is -2.01. The third-order valence-electron chi connectivity index (χ3n) is 2.19. The van der Waals surface area contributed by atoms with E-state index in [0.717, 1.165) is 11.1 Å². The maximum Gasteiger partial charge on any atom is 0.326 e. The molecule has 80 valence electrons. The lowest BCUT2D eigenvalue weighted by atomic mass is 10.1. The van der Waals surface area contributed by atoms with Gasteiger partial charge in [0.15, 0.2) is 0 Å². The third kappa shape index (κ3) is 1.94. The number of halogens is 1. The molecule has 0 aliphatic heterocycles. The predicted molar refractivity (Wildman–Crippen MR) is 61.9 cm³/mol. The number of benzene rings is 1. The molecule has 0 aliphatic rings. The van der Waals surface area contributed by atoms with E-state index in [1.807, 2.05) is 19.9 Å². The number of rotatable bonds is 0. The lowest BCUT2D eigenvalue weighted by molar-refractivity contribution is 1.07. The van der Waals surface area contributed by atoms with E-state index in [1.165, 1.54) is 0 Å². The molecule has 0 amide bonds. The van der Waals surface area contributed by atoms with Crippen molar-refractivity contribution in [3.8, 4) is 0 Å². The summed E-state index contributed by atoms with van der Waals surface area (Å²) in [4.78, 5) is 27.3. The molecule has 0 radical (unpaired) electrons. The highest BCUT2D eigenvalue weighted by Crippen LogP contribution is 2.13. The van der Waals surface area contributed by atoms with Gasteiger partial charge >= 0.3 is 5.69 Å². The van der Waals surface area contributed by atoms with Gasteiger partial charge in [-0.25, -0.2) is 4.79 Å². The van der Waals surface area contributed by atoms with Gasteiger partial charge in [0.1, 0.15) is 0 Å². The number of aryl methyl sites for hydroxylation is 2. The van der Waals surface area contributed by atoms with Crippen LogP contribution in [0, 0.1) is 13.8 Å². The second-order valence-corrected chi connectivity index (χ2v) is 3.41. The quantitative estimate of drug-likeness (QED) is 0.710.